The largest absolute Gasteiger partial charge is 0.382 e. The average Bonchev–Trinajstić information content (AvgIpc) is 3.14. The Hall–Kier alpha value is -4.60. The second-order valence-corrected chi connectivity index (χ2v) is 13.6. The van der Waals surface area contributed by atoms with Gasteiger partial charge in [0.05, 0.1) is 11.7 Å². The average molecular weight is 711 g/mol. The highest BCUT2D eigenvalue weighted by atomic mass is 16.1. The topological polar surface area (TPSA) is 97.3 Å². The summed E-state index contributed by atoms with van der Waals surface area (Å²) in [6.45, 7) is 24.7. The van der Waals surface area contributed by atoms with Gasteiger partial charge in [-0.05, 0) is 72.8 Å². The van der Waals surface area contributed by atoms with Crippen molar-refractivity contribution in [3.05, 3.63) is 101 Å². The van der Waals surface area contributed by atoms with E-state index in [0.29, 0.717) is 28.9 Å². The fraction of sp³-hybridized carbons (Fsp3) is 0.442. The van der Waals surface area contributed by atoms with E-state index in [-0.39, 0.29) is 29.0 Å². The van der Waals surface area contributed by atoms with Crippen LogP contribution in [0.4, 0.5) is 11.4 Å². The van der Waals surface area contributed by atoms with Crippen molar-refractivity contribution in [2.45, 2.75) is 80.7 Å². The van der Waals surface area contributed by atoms with E-state index in [1.54, 1.807) is 6.92 Å². The van der Waals surface area contributed by atoms with Crippen LogP contribution in [0.1, 0.15) is 101 Å². The van der Waals surface area contributed by atoms with Gasteiger partial charge in [0, 0.05) is 69.0 Å². The predicted molar refractivity (Wildman–Crippen MR) is 219 cm³/mol. The Morgan fingerprint density at radius 3 is 1.98 bits per heavy atom. The first-order chi connectivity index (χ1) is 24.8. The van der Waals surface area contributed by atoms with Crippen molar-refractivity contribution < 1.29 is 14.4 Å². The van der Waals surface area contributed by atoms with Crippen LogP contribution >= 0.6 is 0 Å². The molecular weight excluding hydrogens is 649 g/mol. The maximum absolute atomic E-state index is 13.2. The van der Waals surface area contributed by atoms with Gasteiger partial charge in [-0.1, -0.05) is 91.8 Å². The molecule has 52 heavy (non-hydrogen) atoms. The van der Waals surface area contributed by atoms with Crippen molar-refractivity contribution in [2.24, 2.45) is 4.99 Å². The minimum atomic E-state index is -0.300. The molecule has 1 unspecified atom stereocenters. The Balaban J connectivity index is 0.00000226. The number of rotatable bonds is 11. The lowest BCUT2D eigenvalue weighted by molar-refractivity contribution is -0.123. The SMILES string of the molecule is CC.CC.CCN1CCN(C(C(C)=O)c2ccc(NC(C=O)=N/C(=C\N(C)C)c3cccc(NC(=O)c4ccc(C(C)(C)C)cc4)c3C)cc2)CC1. The first kappa shape index (κ1) is 43.6. The maximum Gasteiger partial charge on any atom is 0.255 e. The standard InChI is InChI=1S/C39H50N6O3.2C2H6/c1-9-44-21-23-45(24-22-44)37(28(3)47)29-15-19-32(20-16-29)40-36(26-46)41-35(25-43(7)8)33-11-10-12-34(27(33)2)42-38(48)30-13-17-31(18-14-30)39(4,5)6;2*1-2/h10-20,25-26,37H,9,21-24H2,1-8H3,(H,40,41)(H,42,48);2*1-2H3/b35-25-;;. The van der Waals surface area contributed by atoms with Crippen LogP contribution in [0.15, 0.2) is 77.9 Å². The zero-order valence-corrected chi connectivity index (χ0v) is 33.6. The number of carbonyl (C=O) groups is 3. The third-order valence-electron chi connectivity index (χ3n) is 8.71. The number of amides is 1. The zero-order chi connectivity index (χ0) is 39.0. The van der Waals surface area contributed by atoms with Crippen molar-refractivity contribution in [2.75, 3.05) is 57.5 Å². The second kappa shape index (κ2) is 21.1. The predicted octanol–water partition coefficient (Wildman–Crippen LogP) is 8.43. The van der Waals surface area contributed by atoms with Crippen LogP contribution in [0.25, 0.3) is 5.70 Å². The van der Waals surface area contributed by atoms with Gasteiger partial charge in [0.1, 0.15) is 0 Å². The Labute approximate surface area is 313 Å². The number of hydrogen-bond acceptors (Lipinski definition) is 7. The monoisotopic (exact) mass is 710 g/mol. The van der Waals surface area contributed by atoms with Crippen LogP contribution in [0.2, 0.25) is 0 Å². The van der Waals surface area contributed by atoms with Gasteiger partial charge in [0.2, 0.25) is 0 Å². The van der Waals surface area contributed by atoms with E-state index in [1.807, 2.05) is 127 Å². The smallest absolute Gasteiger partial charge is 0.255 e. The molecule has 0 radical (unpaired) electrons. The molecular formula is C43H62N6O3. The Morgan fingerprint density at radius 2 is 1.48 bits per heavy atom. The van der Waals surface area contributed by atoms with Crippen LogP contribution in [-0.2, 0) is 15.0 Å². The summed E-state index contributed by atoms with van der Waals surface area (Å²) in [6.07, 6.45) is 2.52. The lowest BCUT2D eigenvalue weighted by Crippen LogP contribution is -2.48. The summed E-state index contributed by atoms with van der Waals surface area (Å²) in [4.78, 5) is 49.4. The number of nitrogens with one attached hydrogen (secondary N) is 2. The summed E-state index contributed by atoms with van der Waals surface area (Å²) >= 11 is 0. The molecule has 4 rings (SSSR count). The summed E-state index contributed by atoms with van der Waals surface area (Å²) < 4.78 is 0. The lowest BCUT2D eigenvalue weighted by Gasteiger charge is -2.38. The van der Waals surface area contributed by atoms with E-state index in [1.165, 1.54) is 0 Å². The van der Waals surface area contributed by atoms with Gasteiger partial charge in [-0.2, -0.15) is 0 Å². The maximum atomic E-state index is 13.2. The van der Waals surface area contributed by atoms with Crippen LogP contribution in [-0.4, -0.2) is 85.3 Å². The van der Waals surface area contributed by atoms with Crippen molar-refractivity contribution in [1.82, 2.24) is 14.7 Å². The highest BCUT2D eigenvalue weighted by molar-refractivity contribution is 6.33. The molecule has 2 N–H and O–H groups in total. The number of carbonyl (C=O) groups excluding carboxylic acids is 3. The number of likely N-dealkylation sites (N-methyl/N-ethyl adjacent to an activating group) is 1. The van der Waals surface area contributed by atoms with E-state index >= 15 is 0 Å². The molecule has 1 amide bonds. The number of Topliss-reactive ketones (excluding diaryl/α,β-unsaturated/α-hetero) is 1. The van der Waals surface area contributed by atoms with Gasteiger partial charge in [-0.15, -0.1) is 0 Å². The number of piperazine rings is 1. The van der Waals surface area contributed by atoms with Crippen molar-refractivity contribution in [3.63, 3.8) is 0 Å². The fourth-order valence-electron chi connectivity index (χ4n) is 5.92. The van der Waals surface area contributed by atoms with Gasteiger partial charge in [-0.25, -0.2) is 4.99 Å². The van der Waals surface area contributed by atoms with Crippen LogP contribution in [0.5, 0.6) is 0 Å². The van der Waals surface area contributed by atoms with Crippen LogP contribution in [0, 0.1) is 6.92 Å². The van der Waals surface area contributed by atoms with Gasteiger partial charge >= 0.3 is 0 Å². The number of benzene rings is 3. The van der Waals surface area contributed by atoms with Crippen LogP contribution in [0.3, 0.4) is 0 Å². The first-order valence-electron chi connectivity index (χ1n) is 18.6. The normalized spacial score (nSPS) is 14.5. The molecule has 3 aromatic rings. The highest BCUT2D eigenvalue weighted by Crippen LogP contribution is 2.29. The summed E-state index contributed by atoms with van der Waals surface area (Å²) in [5, 5.41) is 6.19. The molecule has 1 aliphatic heterocycles. The molecule has 0 spiro atoms. The summed E-state index contributed by atoms with van der Waals surface area (Å²) in [7, 11) is 3.77. The van der Waals surface area contributed by atoms with Gasteiger partial charge in [0.15, 0.2) is 17.9 Å². The van der Waals surface area contributed by atoms with Crippen molar-refractivity contribution in [1.29, 1.82) is 0 Å². The molecule has 3 aromatic carbocycles. The number of aliphatic imine (C=N–C) groups is 1. The molecule has 9 heteroatoms. The van der Waals surface area contributed by atoms with Gasteiger partial charge in [0.25, 0.3) is 5.91 Å². The van der Waals surface area contributed by atoms with Crippen molar-refractivity contribution >= 4 is 40.9 Å². The highest BCUT2D eigenvalue weighted by Gasteiger charge is 2.28. The number of aldehydes is 1. The molecule has 0 aromatic heterocycles. The lowest BCUT2D eigenvalue weighted by atomic mass is 9.86. The van der Waals surface area contributed by atoms with E-state index in [2.05, 4.69) is 48.1 Å². The molecule has 282 valence electrons. The molecule has 1 heterocycles. The number of hydrogen-bond donors (Lipinski definition) is 2. The van der Waals surface area contributed by atoms with E-state index in [4.69, 9.17) is 4.99 Å². The minimum absolute atomic E-state index is 0.00287. The summed E-state index contributed by atoms with van der Waals surface area (Å²) in [5.74, 6) is 0.0372. The molecule has 1 aliphatic rings. The summed E-state index contributed by atoms with van der Waals surface area (Å²) in [5.41, 5.74) is 6.14. The molecule has 1 atom stereocenters. The number of anilines is 2. The Morgan fingerprint density at radius 1 is 0.885 bits per heavy atom. The molecule has 0 saturated carbocycles. The van der Waals surface area contributed by atoms with Gasteiger partial charge in [-0.3, -0.25) is 19.3 Å². The molecule has 1 fully saturated rings. The first-order valence-corrected chi connectivity index (χ1v) is 18.6. The quantitative estimate of drug-likeness (QED) is 0.117. The third kappa shape index (κ3) is 12.3. The Bertz CT molecular complexity index is 1650. The van der Waals surface area contributed by atoms with E-state index in [0.717, 1.165) is 55.0 Å². The fourth-order valence-corrected chi connectivity index (χ4v) is 5.92. The van der Waals surface area contributed by atoms with Crippen LogP contribution < -0.4 is 10.6 Å². The number of amidine groups is 1. The van der Waals surface area contributed by atoms with E-state index in [9.17, 15) is 14.4 Å². The molecule has 9 nitrogen and oxygen atoms in total. The number of ketones is 1. The van der Waals surface area contributed by atoms with Crippen molar-refractivity contribution in [3.8, 4) is 0 Å². The minimum Gasteiger partial charge on any atom is -0.382 e. The summed E-state index contributed by atoms with van der Waals surface area (Å²) in [6, 6.07) is 20.6. The molecule has 1 saturated heterocycles. The zero-order valence-electron chi connectivity index (χ0n) is 33.6. The van der Waals surface area contributed by atoms with E-state index < -0.39 is 0 Å². The Kier molecular flexibility index (Phi) is 17.6. The number of nitrogens with zero attached hydrogens (tertiary/aromatic N) is 4. The van der Waals surface area contributed by atoms with Gasteiger partial charge < -0.3 is 20.4 Å². The molecule has 0 bridgehead atoms. The second-order valence-electron chi connectivity index (χ2n) is 13.6. The molecule has 0 aliphatic carbocycles. The third-order valence-corrected chi connectivity index (χ3v) is 8.71.